The van der Waals surface area contributed by atoms with E-state index >= 15 is 0 Å². The molecule has 7 nitrogen and oxygen atoms in total. The number of benzene rings is 3. The van der Waals surface area contributed by atoms with E-state index in [2.05, 4.69) is 5.32 Å². The number of hydrogen-bond acceptors (Lipinski definition) is 4. The van der Waals surface area contributed by atoms with E-state index in [-0.39, 0.29) is 34.1 Å². The molecule has 1 N–H and O–H groups in total. The van der Waals surface area contributed by atoms with Crippen molar-refractivity contribution in [3.05, 3.63) is 94.5 Å². The Bertz CT molecular complexity index is 1350. The van der Waals surface area contributed by atoms with Crippen LogP contribution in [0.25, 0.3) is 0 Å². The lowest BCUT2D eigenvalue weighted by Crippen LogP contribution is -2.53. The average Bonchev–Trinajstić information content (AvgIpc) is 2.88. The molecule has 38 heavy (non-hydrogen) atoms. The Hall–Kier alpha value is -3.07. The van der Waals surface area contributed by atoms with Gasteiger partial charge in [0.1, 0.15) is 12.6 Å². The smallest absolute Gasteiger partial charge is 0.264 e. The van der Waals surface area contributed by atoms with Crippen molar-refractivity contribution >= 4 is 50.7 Å². The summed E-state index contributed by atoms with van der Waals surface area (Å²) in [5.74, 6) is -0.874. The summed E-state index contributed by atoms with van der Waals surface area (Å²) in [6.45, 7) is 4.94. The van der Waals surface area contributed by atoms with Gasteiger partial charge in [0.2, 0.25) is 11.8 Å². The second-order valence-corrected chi connectivity index (χ2v) is 11.8. The van der Waals surface area contributed by atoms with Crippen LogP contribution in [0.4, 0.5) is 5.69 Å². The van der Waals surface area contributed by atoms with Gasteiger partial charge in [-0.3, -0.25) is 13.9 Å². The van der Waals surface area contributed by atoms with Crippen molar-refractivity contribution in [3.8, 4) is 0 Å². The Kier molecular flexibility index (Phi) is 10.2. The number of nitrogens with zero attached hydrogens (tertiary/aromatic N) is 2. The second kappa shape index (κ2) is 13.1. The highest BCUT2D eigenvalue weighted by atomic mass is 35.5. The molecule has 202 valence electrons. The number of anilines is 1. The minimum absolute atomic E-state index is 0.000233. The zero-order valence-electron chi connectivity index (χ0n) is 21.5. The zero-order valence-corrected chi connectivity index (χ0v) is 23.8. The molecular weight excluding hydrogens is 545 g/mol. The summed E-state index contributed by atoms with van der Waals surface area (Å²) in [4.78, 5) is 28.1. The van der Waals surface area contributed by atoms with E-state index in [4.69, 9.17) is 23.2 Å². The summed E-state index contributed by atoms with van der Waals surface area (Å²) in [6.07, 6.45) is 0.485. The van der Waals surface area contributed by atoms with Gasteiger partial charge in [-0.2, -0.15) is 0 Å². The molecule has 0 aromatic heterocycles. The summed E-state index contributed by atoms with van der Waals surface area (Å²) in [7, 11) is -4.19. The summed E-state index contributed by atoms with van der Waals surface area (Å²) in [5.41, 5.74) is 1.09. The van der Waals surface area contributed by atoms with Gasteiger partial charge in [0.25, 0.3) is 10.0 Å². The Morgan fingerprint density at radius 1 is 0.895 bits per heavy atom. The highest BCUT2D eigenvalue weighted by molar-refractivity contribution is 7.92. The fourth-order valence-corrected chi connectivity index (χ4v) is 5.91. The van der Waals surface area contributed by atoms with E-state index in [1.807, 2.05) is 44.2 Å². The molecule has 1 unspecified atom stereocenters. The third-order valence-corrected chi connectivity index (χ3v) is 8.18. The van der Waals surface area contributed by atoms with Crippen molar-refractivity contribution in [1.82, 2.24) is 10.2 Å². The van der Waals surface area contributed by atoms with Crippen LogP contribution in [-0.4, -0.2) is 50.3 Å². The Labute approximate surface area is 234 Å². The normalized spacial score (nSPS) is 12.2. The summed E-state index contributed by atoms with van der Waals surface area (Å²) < 4.78 is 28.4. The SMILES string of the molecule is CC(C)NC(=O)C(C)N(CCc1ccccc1)C(=O)CN(c1ccc(Cl)cc1Cl)S(=O)(=O)c1ccccc1. The number of amides is 2. The first-order valence-corrected chi connectivity index (χ1v) is 14.4. The highest BCUT2D eigenvalue weighted by Crippen LogP contribution is 2.32. The van der Waals surface area contributed by atoms with Gasteiger partial charge in [-0.25, -0.2) is 8.42 Å². The standard InChI is InChI=1S/C28H31Cl2N3O4S/c1-20(2)31-28(35)21(3)32(17-16-22-10-6-4-7-11-22)27(34)19-33(26-15-14-23(29)18-25(26)30)38(36,37)24-12-8-5-9-13-24/h4-15,18,20-21H,16-17,19H2,1-3H3,(H,31,35). The van der Waals surface area contributed by atoms with E-state index in [1.165, 1.54) is 35.2 Å². The molecule has 10 heteroatoms. The molecule has 0 aliphatic heterocycles. The third-order valence-electron chi connectivity index (χ3n) is 5.87. The molecule has 0 bridgehead atoms. The number of sulfonamides is 1. The molecule has 0 radical (unpaired) electrons. The lowest BCUT2D eigenvalue weighted by atomic mass is 10.1. The zero-order chi connectivity index (χ0) is 27.9. The van der Waals surface area contributed by atoms with Gasteiger partial charge in [0.05, 0.1) is 15.6 Å². The minimum atomic E-state index is -4.19. The van der Waals surface area contributed by atoms with Crippen LogP contribution in [0.5, 0.6) is 0 Å². The van der Waals surface area contributed by atoms with Crippen LogP contribution in [0.2, 0.25) is 10.0 Å². The maximum absolute atomic E-state index is 13.8. The predicted molar refractivity (Wildman–Crippen MR) is 152 cm³/mol. The molecule has 0 fully saturated rings. The number of hydrogen-bond donors (Lipinski definition) is 1. The Balaban J connectivity index is 2.00. The van der Waals surface area contributed by atoms with Crippen molar-refractivity contribution in [3.63, 3.8) is 0 Å². The van der Waals surface area contributed by atoms with Crippen LogP contribution < -0.4 is 9.62 Å². The van der Waals surface area contributed by atoms with E-state index in [0.717, 1.165) is 9.87 Å². The maximum Gasteiger partial charge on any atom is 0.264 e. The van der Waals surface area contributed by atoms with E-state index in [9.17, 15) is 18.0 Å². The maximum atomic E-state index is 13.8. The van der Waals surface area contributed by atoms with Crippen LogP contribution in [0.15, 0.2) is 83.8 Å². The topological polar surface area (TPSA) is 86.8 Å². The van der Waals surface area contributed by atoms with Crippen molar-refractivity contribution in [2.24, 2.45) is 0 Å². The van der Waals surface area contributed by atoms with Crippen molar-refractivity contribution < 1.29 is 18.0 Å². The van der Waals surface area contributed by atoms with Crippen LogP contribution in [0.1, 0.15) is 26.3 Å². The number of rotatable bonds is 11. The van der Waals surface area contributed by atoms with Gasteiger partial charge in [0.15, 0.2) is 0 Å². The van der Waals surface area contributed by atoms with Gasteiger partial charge >= 0.3 is 0 Å². The monoisotopic (exact) mass is 575 g/mol. The first-order valence-electron chi connectivity index (χ1n) is 12.2. The molecule has 1 atom stereocenters. The van der Waals surface area contributed by atoms with E-state index in [0.29, 0.717) is 11.4 Å². The lowest BCUT2D eigenvalue weighted by Gasteiger charge is -2.32. The van der Waals surface area contributed by atoms with E-state index in [1.54, 1.807) is 25.1 Å². The van der Waals surface area contributed by atoms with Gasteiger partial charge < -0.3 is 10.2 Å². The van der Waals surface area contributed by atoms with E-state index < -0.39 is 28.5 Å². The van der Waals surface area contributed by atoms with Gasteiger partial charge in [-0.05, 0) is 63.1 Å². The molecule has 3 rings (SSSR count). The van der Waals surface area contributed by atoms with Crippen LogP contribution in [0.3, 0.4) is 0 Å². The molecule has 0 aliphatic carbocycles. The number of carbonyl (C=O) groups is 2. The minimum Gasteiger partial charge on any atom is -0.352 e. The van der Waals surface area contributed by atoms with Crippen LogP contribution >= 0.6 is 23.2 Å². The summed E-state index contributed by atoms with van der Waals surface area (Å²) in [6, 6.07) is 20.8. The number of nitrogens with one attached hydrogen (secondary N) is 1. The fraction of sp³-hybridized carbons (Fsp3) is 0.286. The molecule has 0 aliphatic rings. The number of carbonyl (C=O) groups excluding carboxylic acids is 2. The highest BCUT2D eigenvalue weighted by Gasteiger charge is 2.33. The predicted octanol–water partition coefficient (Wildman–Crippen LogP) is 5.17. The Morgan fingerprint density at radius 3 is 2.08 bits per heavy atom. The fourth-order valence-electron chi connectivity index (χ4n) is 3.89. The summed E-state index contributed by atoms with van der Waals surface area (Å²) in [5, 5.41) is 3.23. The van der Waals surface area contributed by atoms with Gasteiger partial charge in [0, 0.05) is 17.6 Å². The molecule has 0 heterocycles. The van der Waals surface area contributed by atoms with Crippen molar-refractivity contribution in [2.75, 3.05) is 17.4 Å². The average molecular weight is 577 g/mol. The first-order chi connectivity index (χ1) is 18.0. The van der Waals surface area contributed by atoms with Gasteiger partial charge in [-0.1, -0.05) is 71.7 Å². The van der Waals surface area contributed by atoms with Crippen LogP contribution in [-0.2, 0) is 26.0 Å². The molecule has 0 saturated carbocycles. The summed E-state index contributed by atoms with van der Waals surface area (Å²) >= 11 is 12.5. The lowest BCUT2D eigenvalue weighted by molar-refractivity contribution is -0.139. The largest absolute Gasteiger partial charge is 0.352 e. The molecule has 3 aromatic carbocycles. The Morgan fingerprint density at radius 2 is 1.50 bits per heavy atom. The quantitative estimate of drug-likeness (QED) is 0.341. The third kappa shape index (κ3) is 7.49. The molecule has 0 spiro atoms. The van der Waals surface area contributed by atoms with Crippen LogP contribution in [0, 0.1) is 0 Å². The number of halogens is 2. The first kappa shape index (κ1) is 29.5. The van der Waals surface area contributed by atoms with Gasteiger partial charge in [-0.15, -0.1) is 0 Å². The molecule has 3 aromatic rings. The molecular formula is C28H31Cl2N3O4S. The van der Waals surface area contributed by atoms with Crippen molar-refractivity contribution in [2.45, 2.75) is 44.2 Å². The molecule has 0 saturated heterocycles. The second-order valence-electron chi connectivity index (χ2n) is 9.08. The molecule has 2 amide bonds. The van der Waals surface area contributed by atoms with Crippen molar-refractivity contribution in [1.29, 1.82) is 0 Å².